The van der Waals surface area contributed by atoms with Crippen LogP contribution >= 0.6 is 0 Å². The Morgan fingerprint density at radius 3 is 2.10 bits per heavy atom. The van der Waals surface area contributed by atoms with Gasteiger partial charge in [0.15, 0.2) is 0 Å². The fourth-order valence-electron chi connectivity index (χ4n) is 3.61. The molecule has 0 spiro atoms. The third-order valence-electron chi connectivity index (χ3n) is 4.37. The summed E-state index contributed by atoms with van der Waals surface area (Å²) in [6, 6.07) is 0.465. The predicted molar refractivity (Wildman–Crippen MR) is 71.5 cm³/mol. The molecule has 3 rings (SSSR count). The number of fused-ring (bicyclic) bond motifs is 5. The predicted octanol–water partition coefficient (Wildman–Crippen LogP) is -0.0852. The number of carbonyl (C=O) groups excluding carboxylic acids is 2. The third-order valence-corrected chi connectivity index (χ3v) is 4.37. The van der Waals surface area contributed by atoms with Crippen LogP contribution in [0.5, 0.6) is 0 Å². The zero-order valence-electron chi connectivity index (χ0n) is 12.2. The molecule has 0 unspecified atom stereocenters. The van der Waals surface area contributed by atoms with Crippen molar-refractivity contribution in [1.29, 1.82) is 0 Å². The molecule has 1 saturated heterocycles. The first kappa shape index (κ1) is 13.1. The Morgan fingerprint density at radius 2 is 1.70 bits per heavy atom. The van der Waals surface area contributed by atoms with Gasteiger partial charge in [0.1, 0.15) is 0 Å². The van der Waals surface area contributed by atoms with Crippen molar-refractivity contribution >= 4 is 17.8 Å². The van der Waals surface area contributed by atoms with E-state index in [-0.39, 0.29) is 35.5 Å². The molecular formula is C14H20N3O3+. The van der Waals surface area contributed by atoms with Crippen LogP contribution in [0.2, 0.25) is 0 Å². The summed E-state index contributed by atoms with van der Waals surface area (Å²) in [6.07, 6.45) is 5.07. The van der Waals surface area contributed by atoms with Crippen molar-refractivity contribution in [2.24, 2.45) is 23.7 Å². The van der Waals surface area contributed by atoms with Gasteiger partial charge in [-0.2, -0.15) is 0 Å². The van der Waals surface area contributed by atoms with Crippen molar-refractivity contribution in [1.82, 2.24) is 9.96 Å². The number of hydroxylamine groups is 2. The lowest BCUT2D eigenvalue weighted by atomic mass is 9.85. The summed E-state index contributed by atoms with van der Waals surface area (Å²) in [4.78, 5) is 32.3. The Bertz CT molecular complexity index is 504. The Labute approximate surface area is 118 Å². The van der Waals surface area contributed by atoms with Crippen LogP contribution < -0.4 is 0 Å². The zero-order valence-corrected chi connectivity index (χ0v) is 12.2. The maximum absolute atomic E-state index is 12.5. The van der Waals surface area contributed by atoms with Crippen LogP contribution in [0, 0.1) is 23.7 Å². The van der Waals surface area contributed by atoms with Crippen LogP contribution in [-0.4, -0.2) is 60.6 Å². The Morgan fingerprint density at radius 1 is 1.20 bits per heavy atom. The van der Waals surface area contributed by atoms with Gasteiger partial charge in [0, 0.05) is 0 Å². The summed E-state index contributed by atoms with van der Waals surface area (Å²) in [5, 5.41) is 0.969. The summed E-state index contributed by atoms with van der Waals surface area (Å²) in [5.41, 5.74) is 0. The second kappa shape index (κ2) is 4.33. The summed E-state index contributed by atoms with van der Waals surface area (Å²) >= 11 is 0. The molecule has 4 atom stereocenters. The number of imide groups is 1. The van der Waals surface area contributed by atoms with Gasteiger partial charge < -0.3 is 0 Å². The summed E-state index contributed by atoms with van der Waals surface area (Å²) in [7, 11) is 7.25. The number of hydrogen-bond donors (Lipinski definition) is 0. The van der Waals surface area contributed by atoms with Gasteiger partial charge in [-0.1, -0.05) is 17.2 Å². The van der Waals surface area contributed by atoms with Gasteiger partial charge >= 0.3 is 6.02 Å². The van der Waals surface area contributed by atoms with Crippen LogP contribution in [0.3, 0.4) is 0 Å². The Hall–Kier alpha value is -1.85. The number of nitrogens with zero attached hydrogens (tertiary/aromatic N) is 3. The number of carbonyl (C=O) groups is 2. The van der Waals surface area contributed by atoms with Crippen LogP contribution in [0.4, 0.5) is 0 Å². The molecule has 2 amide bonds. The number of amidine groups is 1. The van der Waals surface area contributed by atoms with Crippen molar-refractivity contribution < 1.29 is 19.0 Å². The van der Waals surface area contributed by atoms with E-state index >= 15 is 0 Å². The van der Waals surface area contributed by atoms with Gasteiger partial charge in [-0.25, -0.2) is 9.48 Å². The van der Waals surface area contributed by atoms with Gasteiger partial charge in [-0.3, -0.25) is 14.4 Å². The van der Waals surface area contributed by atoms with E-state index in [1.807, 2.05) is 28.2 Å². The molecule has 1 saturated carbocycles. The number of allylic oxidation sites excluding steroid dienone is 2. The van der Waals surface area contributed by atoms with Gasteiger partial charge in [0.25, 0.3) is 11.8 Å². The van der Waals surface area contributed by atoms with E-state index < -0.39 is 0 Å². The fourth-order valence-corrected chi connectivity index (χ4v) is 3.61. The first-order chi connectivity index (χ1) is 9.41. The maximum atomic E-state index is 12.5. The minimum atomic E-state index is -0.219. The largest absolute Gasteiger partial charge is 0.470 e. The standard InChI is InChI=1S/C14H20N3O3/c1-15(2)14(16(3)4)20-17-12(18)10-8-5-6-9(7-8)11(10)13(17)19/h5-6,8-11H,7H2,1-4H3/q+1/t8-,9+,10+,11-. The van der Waals surface area contributed by atoms with E-state index in [1.165, 1.54) is 0 Å². The molecule has 6 heteroatoms. The highest BCUT2D eigenvalue weighted by Gasteiger charge is 2.61. The van der Waals surface area contributed by atoms with Crippen molar-refractivity contribution in [3.63, 3.8) is 0 Å². The highest BCUT2D eigenvalue weighted by Crippen LogP contribution is 2.52. The molecule has 1 heterocycles. The van der Waals surface area contributed by atoms with E-state index in [0.717, 1.165) is 11.5 Å². The number of rotatable bonds is 1. The molecule has 6 nitrogen and oxygen atoms in total. The van der Waals surface area contributed by atoms with Crippen LogP contribution in [-0.2, 0) is 14.4 Å². The Balaban J connectivity index is 1.85. The molecule has 0 aromatic heterocycles. The normalized spacial score (nSPS) is 33.7. The lowest BCUT2D eigenvalue weighted by Crippen LogP contribution is -2.42. The monoisotopic (exact) mass is 278 g/mol. The second-order valence-electron chi connectivity index (χ2n) is 6.13. The van der Waals surface area contributed by atoms with Crippen molar-refractivity contribution in [3.8, 4) is 0 Å². The lowest BCUT2D eigenvalue weighted by Gasteiger charge is -2.18. The summed E-state index contributed by atoms with van der Waals surface area (Å²) in [6.45, 7) is 0. The van der Waals surface area contributed by atoms with Crippen molar-refractivity contribution in [3.05, 3.63) is 12.2 Å². The second-order valence-corrected chi connectivity index (χ2v) is 6.13. The quantitative estimate of drug-likeness (QED) is 0.221. The van der Waals surface area contributed by atoms with Crippen molar-refractivity contribution in [2.45, 2.75) is 6.42 Å². The highest BCUT2D eigenvalue weighted by atomic mass is 16.7. The molecule has 20 heavy (non-hydrogen) atoms. The minimum Gasteiger partial charge on any atom is -0.292 e. The minimum absolute atomic E-state index is 0.196. The molecular weight excluding hydrogens is 258 g/mol. The van der Waals surface area contributed by atoms with Crippen molar-refractivity contribution in [2.75, 3.05) is 28.2 Å². The molecule has 0 aromatic carbocycles. The topological polar surface area (TPSA) is 52.9 Å². The van der Waals surface area contributed by atoms with Gasteiger partial charge in [-0.15, -0.1) is 0 Å². The average molecular weight is 278 g/mol. The summed E-state index contributed by atoms with van der Waals surface area (Å²) in [5.74, 6) is -0.420. The molecule has 2 fully saturated rings. The third kappa shape index (κ3) is 1.67. The fraction of sp³-hybridized carbons (Fsp3) is 0.643. The lowest BCUT2D eigenvalue weighted by molar-refractivity contribution is -0.484. The van der Waals surface area contributed by atoms with Gasteiger partial charge in [0.2, 0.25) is 0 Å². The Kier molecular flexibility index (Phi) is 2.84. The van der Waals surface area contributed by atoms with Crippen LogP contribution in [0.25, 0.3) is 0 Å². The van der Waals surface area contributed by atoms with Crippen LogP contribution in [0.1, 0.15) is 6.42 Å². The molecule has 2 aliphatic carbocycles. The maximum Gasteiger partial charge on any atom is 0.470 e. The zero-order chi connectivity index (χ0) is 14.6. The molecule has 0 N–H and O–H groups in total. The molecule has 1 aliphatic heterocycles. The average Bonchev–Trinajstić information content (AvgIpc) is 3.02. The molecule has 0 aromatic rings. The number of hydrogen-bond acceptors (Lipinski definition) is 3. The van der Waals surface area contributed by atoms with E-state index in [1.54, 1.807) is 9.48 Å². The first-order valence-corrected chi connectivity index (χ1v) is 6.87. The first-order valence-electron chi connectivity index (χ1n) is 6.87. The summed E-state index contributed by atoms with van der Waals surface area (Å²) < 4.78 is 1.74. The van der Waals surface area contributed by atoms with E-state index in [4.69, 9.17) is 4.84 Å². The smallest absolute Gasteiger partial charge is 0.292 e. The molecule has 2 bridgehead atoms. The molecule has 108 valence electrons. The van der Waals surface area contributed by atoms with E-state index in [9.17, 15) is 9.59 Å². The highest BCUT2D eigenvalue weighted by molar-refractivity contribution is 6.06. The van der Waals surface area contributed by atoms with E-state index in [2.05, 4.69) is 12.2 Å². The van der Waals surface area contributed by atoms with Crippen LogP contribution in [0.15, 0.2) is 12.2 Å². The van der Waals surface area contributed by atoms with Gasteiger partial charge in [-0.05, 0) is 18.3 Å². The van der Waals surface area contributed by atoms with E-state index in [0.29, 0.717) is 6.02 Å². The SMILES string of the molecule is CN(C)C(ON1C(=O)[C@@H]2[C@H](C1=O)[C@H]1C=C[C@@H]2C1)=[N+](C)C. The molecule has 3 aliphatic rings. The molecule has 0 radical (unpaired) electrons. The number of amides is 2. The van der Waals surface area contributed by atoms with Gasteiger partial charge in [0.05, 0.1) is 40.0 Å².